The summed E-state index contributed by atoms with van der Waals surface area (Å²) >= 11 is 0. The lowest BCUT2D eigenvalue weighted by atomic mass is 10.2. The second-order valence-corrected chi connectivity index (χ2v) is 4.73. The Morgan fingerprint density at radius 1 is 1.42 bits per heavy atom. The number of rotatable bonds is 5. The van der Waals surface area contributed by atoms with Crippen LogP contribution in [0.2, 0.25) is 0 Å². The molecule has 1 fully saturated rings. The maximum absolute atomic E-state index is 12.0. The molecule has 19 heavy (non-hydrogen) atoms. The molecule has 1 heterocycles. The van der Waals surface area contributed by atoms with Crippen molar-refractivity contribution in [3.05, 3.63) is 24.3 Å². The van der Waals surface area contributed by atoms with Crippen LogP contribution in [0.3, 0.4) is 0 Å². The topological polar surface area (TPSA) is 75.8 Å². The monoisotopic (exact) mass is 264 g/mol. The highest BCUT2D eigenvalue weighted by Crippen LogP contribution is 2.18. The van der Waals surface area contributed by atoms with E-state index < -0.39 is 0 Å². The van der Waals surface area contributed by atoms with Crippen LogP contribution >= 0.6 is 0 Å². The Morgan fingerprint density at radius 3 is 2.84 bits per heavy atom. The van der Waals surface area contributed by atoms with Crippen LogP contribution in [0, 0.1) is 0 Å². The minimum Gasteiger partial charge on any atom is -0.493 e. The van der Waals surface area contributed by atoms with Gasteiger partial charge in [-0.3, -0.25) is 4.79 Å². The Morgan fingerprint density at radius 2 is 2.16 bits per heavy atom. The minimum absolute atomic E-state index is 0.0102. The molecule has 0 aromatic heterocycles. The molecule has 1 aromatic carbocycles. The summed E-state index contributed by atoms with van der Waals surface area (Å²) in [7, 11) is 0. The fraction of sp³-hybridized carbons (Fsp3) is 0.500. The Bertz CT molecular complexity index is 419. The molecule has 0 saturated carbocycles. The number of amides is 1. The molecule has 1 atom stereocenters. The number of carbonyl (C=O) groups is 1. The molecule has 0 aliphatic carbocycles. The first-order chi connectivity index (χ1) is 9.20. The van der Waals surface area contributed by atoms with E-state index in [0.29, 0.717) is 24.5 Å². The number of carbonyl (C=O) groups excluding carboxylic acids is 1. The van der Waals surface area contributed by atoms with Crippen LogP contribution in [-0.2, 0) is 4.79 Å². The van der Waals surface area contributed by atoms with Crippen molar-refractivity contribution >= 4 is 11.6 Å². The first-order valence-corrected chi connectivity index (χ1v) is 6.59. The van der Waals surface area contributed by atoms with Gasteiger partial charge in [-0.15, -0.1) is 0 Å². The molecule has 3 N–H and O–H groups in total. The molecule has 5 heteroatoms. The largest absolute Gasteiger partial charge is 0.493 e. The van der Waals surface area contributed by atoms with E-state index in [1.807, 2.05) is 0 Å². The smallest absolute Gasteiger partial charge is 0.226 e. The highest BCUT2D eigenvalue weighted by Gasteiger charge is 2.27. The number of aliphatic hydroxyl groups excluding tert-OH is 1. The van der Waals surface area contributed by atoms with Gasteiger partial charge >= 0.3 is 0 Å². The maximum atomic E-state index is 12.0. The van der Waals surface area contributed by atoms with Gasteiger partial charge in [0.2, 0.25) is 5.91 Å². The van der Waals surface area contributed by atoms with Crippen molar-refractivity contribution in [3.63, 3.8) is 0 Å². The van der Waals surface area contributed by atoms with Crippen LogP contribution < -0.4 is 10.5 Å². The predicted molar refractivity (Wildman–Crippen MR) is 72.8 cm³/mol. The van der Waals surface area contributed by atoms with E-state index in [0.717, 1.165) is 19.4 Å². The first-order valence-electron chi connectivity index (χ1n) is 6.59. The van der Waals surface area contributed by atoms with Gasteiger partial charge in [-0.05, 0) is 37.1 Å². The van der Waals surface area contributed by atoms with E-state index in [-0.39, 0.29) is 18.6 Å². The van der Waals surface area contributed by atoms with Crippen molar-refractivity contribution in [2.75, 3.05) is 25.5 Å². The zero-order valence-electron chi connectivity index (χ0n) is 10.9. The third-order valence-corrected chi connectivity index (χ3v) is 3.37. The molecule has 5 nitrogen and oxygen atoms in total. The predicted octanol–water partition coefficient (Wildman–Crippen LogP) is 1.02. The zero-order chi connectivity index (χ0) is 13.7. The van der Waals surface area contributed by atoms with Gasteiger partial charge in [-0.25, -0.2) is 0 Å². The summed E-state index contributed by atoms with van der Waals surface area (Å²) in [5.41, 5.74) is 6.26. The number of benzene rings is 1. The zero-order valence-corrected chi connectivity index (χ0v) is 10.9. The number of aliphatic hydroxyl groups is 1. The summed E-state index contributed by atoms with van der Waals surface area (Å²) in [6, 6.07) is 7.08. The van der Waals surface area contributed by atoms with Gasteiger partial charge in [0.05, 0.1) is 25.7 Å². The summed E-state index contributed by atoms with van der Waals surface area (Å²) in [6.45, 7) is 1.13. The van der Waals surface area contributed by atoms with Crippen molar-refractivity contribution in [1.82, 2.24) is 4.90 Å². The molecular weight excluding hydrogens is 244 g/mol. The normalized spacial score (nSPS) is 18.6. The van der Waals surface area contributed by atoms with Gasteiger partial charge in [0.25, 0.3) is 0 Å². The fourth-order valence-corrected chi connectivity index (χ4v) is 2.32. The summed E-state index contributed by atoms with van der Waals surface area (Å²) in [5, 5.41) is 9.18. The van der Waals surface area contributed by atoms with Crippen molar-refractivity contribution in [2.24, 2.45) is 0 Å². The molecule has 1 aliphatic heterocycles. The van der Waals surface area contributed by atoms with Gasteiger partial charge in [0, 0.05) is 12.2 Å². The first kappa shape index (κ1) is 13.7. The average molecular weight is 264 g/mol. The van der Waals surface area contributed by atoms with Gasteiger partial charge < -0.3 is 20.5 Å². The lowest BCUT2D eigenvalue weighted by Crippen LogP contribution is -2.38. The molecule has 0 unspecified atom stereocenters. The third kappa shape index (κ3) is 3.61. The SMILES string of the molecule is Nc1ccc(OCCC(=O)N2CCC[C@@H]2CO)cc1. The Kier molecular flexibility index (Phi) is 4.63. The molecule has 1 aliphatic rings. The van der Waals surface area contributed by atoms with Gasteiger partial charge in [0.1, 0.15) is 5.75 Å². The lowest BCUT2D eigenvalue weighted by molar-refractivity contribution is -0.133. The summed E-state index contributed by atoms with van der Waals surface area (Å²) in [6.07, 6.45) is 2.19. The second-order valence-electron chi connectivity index (χ2n) is 4.73. The van der Waals surface area contributed by atoms with Gasteiger partial charge in [-0.2, -0.15) is 0 Å². The number of nitrogens with zero attached hydrogens (tertiary/aromatic N) is 1. The van der Waals surface area contributed by atoms with E-state index in [1.165, 1.54) is 0 Å². The van der Waals surface area contributed by atoms with E-state index in [9.17, 15) is 9.90 Å². The molecule has 104 valence electrons. The van der Waals surface area contributed by atoms with E-state index >= 15 is 0 Å². The molecule has 1 saturated heterocycles. The number of likely N-dealkylation sites (tertiary alicyclic amines) is 1. The average Bonchev–Trinajstić information content (AvgIpc) is 2.89. The Hall–Kier alpha value is -1.75. The minimum atomic E-state index is -0.0102. The van der Waals surface area contributed by atoms with Crippen LogP contribution in [0.15, 0.2) is 24.3 Å². The quantitative estimate of drug-likeness (QED) is 0.779. The Balaban J connectivity index is 1.76. The van der Waals surface area contributed by atoms with Crippen LogP contribution in [0.1, 0.15) is 19.3 Å². The van der Waals surface area contributed by atoms with Crippen molar-refractivity contribution in [3.8, 4) is 5.75 Å². The molecule has 0 bridgehead atoms. The third-order valence-electron chi connectivity index (χ3n) is 3.37. The van der Waals surface area contributed by atoms with Crippen molar-refractivity contribution in [2.45, 2.75) is 25.3 Å². The van der Waals surface area contributed by atoms with E-state index in [1.54, 1.807) is 29.2 Å². The van der Waals surface area contributed by atoms with Crippen LogP contribution in [0.5, 0.6) is 5.75 Å². The number of hydrogen-bond acceptors (Lipinski definition) is 4. The standard InChI is InChI=1S/C14H20N2O3/c15-11-3-5-13(6-4-11)19-9-7-14(18)16-8-1-2-12(16)10-17/h3-6,12,17H,1-2,7-10,15H2/t12-/m1/s1. The fourth-order valence-electron chi connectivity index (χ4n) is 2.32. The van der Waals surface area contributed by atoms with Crippen LogP contribution in [-0.4, -0.2) is 41.7 Å². The summed E-state index contributed by atoms with van der Waals surface area (Å²) in [4.78, 5) is 13.7. The van der Waals surface area contributed by atoms with Crippen molar-refractivity contribution < 1.29 is 14.6 Å². The molecular formula is C14H20N2O3. The lowest BCUT2D eigenvalue weighted by Gasteiger charge is -2.23. The molecule has 1 aromatic rings. The number of nitrogens with two attached hydrogens (primary N) is 1. The second kappa shape index (κ2) is 6.43. The number of anilines is 1. The number of hydrogen-bond donors (Lipinski definition) is 2. The van der Waals surface area contributed by atoms with E-state index in [2.05, 4.69) is 0 Å². The van der Waals surface area contributed by atoms with Crippen molar-refractivity contribution in [1.29, 1.82) is 0 Å². The molecule has 0 radical (unpaired) electrons. The highest BCUT2D eigenvalue weighted by molar-refractivity contribution is 5.77. The van der Waals surface area contributed by atoms with Gasteiger partial charge in [0.15, 0.2) is 0 Å². The summed E-state index contributed by atoms with van der Waals surface area (Å²) < 4.78 is 5.49. The van der Waals surface area contributed by atoms with E-state index in [4.69, 9.17) is 10.5 Å². The molecule has 0 spiro atoms. The number of ether oxygens (including phenoxy) is 1. The van der Waals surface area contributed by atoms with Gasteiger partial charge in [-0.1, -0.05) is 0 Å². The maximum Gasteiger partial charge on any atom is 0.226 e. The number of nitrogen functional groups attached to an aromatic ring is 1. The summed E-state index contributed by atoms with van der Waals surface area (Å²) in [5.74, 6) is 0.758. The molecule has 2 rings (SSSR count). The van der Waals surface area contributed by atoms with Crippen LogP contribution in [0.4, 0.5) is 5.69 Å². The Labute approximate surface area is 113 Å². The van der Waals surface area contributed by atoms with Crippen LogP contribution in [0.25, 0.3) is 0 Å². The highest BCUT2D eigenvalue weighted by atomic mass is 16.5. The molecule has 1 amide bonds.